The number of methoxy groups -OCH3 is 2. The topological polar surface area (TPSA) is 98.8 Å². The molecule has 0 fully saturated rings. The summed E-state index contributed by atoms with van der Waals surface area (Å²) in [7, 11) is -0.437. The Balaban J connectivity index is 4.30. The highest BCUT2D eigenvalue weighted by atomic mass is 32.2. The van der Waals surface area contributed by atoms with Crippen LogP contribution < -0.4 is 5.32 Å². The van der Waals surface area contributed by atoms with Gasteiger partial charge >= 0.3 is 5.97 Å². The summed E-state index contributed by atoms with van der Waals surface area (Å²) in [6.07, 6.45) is -0.448. The summed E-state index contributed by atoms with van der Waals surface area (Å²) in [5, 5.41) is 3.69. The number of sulfone groups is 1. The number of amides is 1. The van der Waals surface area contributed by atoms with E-state index in [0.29, 0.717) is 18.1 Å². The molecule has 9 heteroatoms. The maximum atomic E-state index is 12.2. The third-order valence-corrected chi connectivity index (χ3v) is 6.14. The van der Waals surface area contributed by atoms with E-state index in [-0.39, 0.29) is 11.7 Å². The number of rotatable bonds is 12. The molecule has 0 heterocycles. The van der Waals surface area contributed by atoms with E-state index in [2.05, 4.69) is 11.9 Å². The second-order valence-electron chi connectivity index (χ2n) is 5.22. The molecule has 3 atom stereocenters. The number of carbonyl (C=O) groups excluding carboxylic acids is 2. The van der Waals surface area contributed by atoms with E-state index in [0.717, 1.165) is 5.41 Å². The highest BCUT2D eigenvalue weighted by molar-refractivity contribution is 8.01. The summed E-state index contributed by atoms with van der Waals surface area (Å²) in [5.74, 6) is -1.01. The van der Waals surface area contributed by atoms with Crippen LogP contribution in [0, 0.1) is 11.8 Å². The fourth-order valence-electron chi connectivity index (χ4n) is 2.02. The van der Waals surface area contributed by atoms with Gasteiger partial charge in [-0.25, -0.2) is 8.42 Å². The van der Waals surface area contributed by atoms with Crippen LogP contribution in [0.1, 0.15) is 13.8 Å². The van der Waals surface area contributed by atoms with E-state index in [9.17, 15) is 18.0 Å². The van der Waals surface area contributed by atoms with Gasteiger partial charge in [0.05, 0.1) is 30.8 Å². The maximum Gasteiger partial charge on any atom is 0.312 e. The molecule has 7 nitrogen and oxygen atoms in total. The third-order valence-electron chi connectivity index (χ3n) is 3.61. The quantitative estimate of drug-likeness (QED) is 0.395. The first-order valence-corrected chi connectivity index (χ1v) is 10.4. The van der Waals surface area contributed by atoms with Crippen molar-refractivity contribution >= 4 is 33.5 Å². The molecule has 1 N–H and O–H groups in total. The van der Waals surface area contributed by atoms with Gasteiger partial charge in [-0.3, -0.25) is 9.59 Å². The van der Waals surface area contributed by atoms with E-state index >= 15 is 0 Å². The second-order valence-corrected chi connectivity index (χ2v) is 8.51. The number of nitrogens with one attached hydrogen (secondary N) is 1. The second kappa shape index (κ2) is 11.5. The van der Waals surface area contributed by atoms with Crippen molar-refractivity contribution in [3.05, 3.63) is 12.0 Å². The van der Waals surface area contributed by atoms with Gasteiger partial charge in [0.1, 0.15) is 0 Å². The molecule has 0 saturated heterocycles. The van der Waals surface area contributed by atoms with Crippen molar-refractivity contribution < 1.29 is 27.5 Å². The Morgan fingerprint density at radius 2 is 1.88 bits per heavy atom. The Morgan fingerprint density at radius 1 is 1.25 bits per heavy atom. The Morgan fingerprint density at radius 3 is 2.38 bits per heavy atom. The molecule has 1 amide bonds. The summed E-state index contributed by atoms with van der Waals surface area (Å²) in [6.45, 7) is 6.99. The number of carbonyl (C=O) groups is 2. The van der Waals surface area contributed by atoms with Crippen molar-refractivity contribution in [1.82, 2.24) is 5.32 Å². The summed E-state index contributed by atoms with van der Waals surface area (Å²) in [6, 6.07) is 0. The molecule has 0 aliphatic heterocycles. The largest absolute Gasteiger partial charge is 0.469 e. The predicted molar refractivity (Wildman–Crippen MR) is 95.5 cm³/mol. The van der Waals surface area contributed by atoms with Crippen LogP contribution in [-0.4, -0.2) is 64.4 Å². The smallest absolute Gasteiger partial charge is 0.312 e. The van der Waals surface area contributed by atoms with Gasteiger partial charge in [0.25, 0.3) is 0 Å². The fourth-order valence-corrected chi connectivity index (χ4v) is 4.03. The molecule has 24 heavy (non-hydrogen) atoms. The number of esters is 1. The number of ether oxygens (including phenoxy) is 2. The Labute approximate surface area is 148 Å². The zero-order valence-corrected chi connectivity index (χ0v) is 16.2. The molecule has 0 aliphatic rings. The minimum atomic E-state index is -3.18. The molecule has 0 bridgehead atoms. The Hall–Kier alpha value is -1.06. The molecule has 0 rings (SSSR count). The molecule has 0 aromatic rings. The molecule has 0 saturated carbocycles. The lowest BCUT2D eigenvalue weighted by atomic mass is 9.88. The van der Waals surface area contributed by atoms with Crippen LogP contribution in [0.5, 0.6) is 0 Å². The summed E-state index contributed by atoms with van der Waals surface area (Å²) >= 11 is 1.42. The van der Waals surface area contributed by atoms with Crippen LogP contribution in [0.25, 0.3) is 0 Å². The van der Waals surface area contributed by atoms with Gasteiger partial charge in [-0.05, 0) is 6.92 Å². The molecule has 140 valence electrons. The highest BCUT2D eigenvalue weighted by Crippen LogP contribution is 2.20. The van der Waals surface area contributed by atoms with Crippen LogP contribution in [0.4, 0.5) is 0 Å². The van der Waals surface area contributed by atoms with Gasteiger partial charge in [-0.2, -0.15) is 11.8 Å². The predicted octanol–water partition coefficient (Wildman–Crippen LogP) is 0.854. The van der Waals surface area contributed by atoms with Gasteiger partial charge < -0.3 is 14.8 Å². The Bertz CT molecular complexity index is 520. The van der Waals surface area contributed by atoms with Crippen molar-refractivity contribution in [2.75, 3.05) is 38.0 Å². The van der Waals surface area contributed by atoms with Gasteiger partial charge in [0.15, 0.2) is 9.84 Å². The molecule has 3 unspecified atom stereocenters. The van der Waals surface area contributed by atoms with E-state index in [1.165, 1.54) is 26.0 Å². The highest BCUT2D eigenvalue weighted by Gasteiger charge is 2.35. The molecule has 0 aromatic carbocycles. The van der Waals surface area contributed by atoms with Crippen molar-refractivity contribution in [2.45, 2.75) is 20.0 Å². The van der Waals surface area contributed by atoms with Crippen molar-refractivity contribution in [1.29, 1.82) is 0 Å². The first-order valence-electron chi connectivity index (χ1n) is 7.51. The van der Waals surface area contributed by atoms with Crippen molar-refractivity contribution in [3.63, 3.8) is 0 Å². The van der Waals surface area contributed by atoms with Crippen LogP contribution in [0.2, 0.25) is 0 Å². The number of hydrogen-bond acceptors (Lipinski definition) is 7. The van der Waals surface area contributed by atoms with Gasteiger partial charge in [-0.15, -0.1) is 0 Å². The standard InChI is InChI=1S/C15H27NO6S2/c1-6-24(19,20)10-9-23-8-7-16-14(17)11(2)13(12(3)21-4)15(18)22-5/h6,11-13H,1,7-10H2,2-5H3,(H,16,17). The first kappa shape index (κ1) is 22.9. The molecule has 0 aromatic heterocycles. The van der Waals surface area contributed by atoms with Crippen molar-refractivity contribution in [3.8, 4) is 0 Å². The van der Waals surface area contributed by atoms with Crippen LogP contribution in [0.3, 0.4) is 0 Å². The SMILES string of the molecule is C=CS(=O)(=O)CCSCCNC(=O)C(C)C(C(=O)OC)C(C)OC. The monoisotopic (exact) mass is 381 g/mol. The third kappa shape index (κ3) is 8.16. The zero-order valence-electron chi connectivity index (χ0n) is 14.6. The molecule has 0 spiro atoms. The van der Waals surface area contributed by atoms with E-state index in [4.69, 9.17) is 9.47 Å². The average Bonchev–Trinajstić information content (AvgIpc) is 2.57. The summed E-state index contributed by atoms with van der Waals surface area (Å²) < 4.78 is 32.4. The summed E-state index contributed by atoms with van der Waals surface area (Å²) in [5.41, 5.74) is 0. The molecular weight excluding hydrogens is 354 g/mol. The minimum Gasteiger partial charge on any atom is -0.469 e. The normalized spacial score (nSPS) is 15.2. The lowest BCUT2D eigenvalue weighted by molar-refractivity contribution is -0.155. The molecule has 0 radical (unpaired) electrons. The van der Waals surface area contributed by atoms with E-state index < -0.39 is 33.7 Å². The van der Waals surface area contributed by atoms with Crippen LogP contribution in [-0.2, 0) is 28.9 Å². The van der Waals surface area contributed by atoms with Gasteiger partial charge in [-0.1, -0.05) is 13.5 Å². The van der Waals surface area contributed by atoms with Gasteiger partial charge in [0, 0.05) is 30.6 Å². The lowest BCUT2D eigenvalue weighted by Gasteiger charge is -2.25. The Kier molecular flexibility index (Phi) is 11.0. The fraction of sp³-hybridized carbons (Fsp3) is 0.733. The molecular formula is C15H27NO6S2. The van der Waals surface area contributed by atoms with E-state index in [1.807, 2.05) is 0 Å². The maximum absolute atomic E-state index is 12.2. The van der Waals surface area contributed by atoms with Crippen molar-refractivity contribution in [2.24, 2.45) is 11.8 Å². The van der Waals surface area contributed by atoms with Gasteiger partial charge in [0.2, 0.25) is 5.91 Å². The van der Waals surface area contributed by atoms with Crippen LogP contribution in [0.15, 0.2) is 12.0 Å². The number of thioether (sulfide) groups is 1. The summed E-state index contributed by atoms with van der Waals surface area (Å²) in [4.78, 5) is 24.0. The zero-order chi connectivity index (χ0) is 18.8. The number of hydrogen-bond donors (Lipinski definition) is 1. The average molecular weight is 382 g/mol. The molecule has 0 aliphatic carbocycles. The first-order chi connectivity index (χ1) is 11.2. The van der Waals surface area contributed by atoms with Crippen LogP contribution >= 0.6 is 11.8 Å². The lowest BCUT2D eigenvalue weighted by Crippen LogP contribution is -2.42. The minimum absolute atomic E-state index is 0.0291. The van der Waals surface area contributed by atoms with E-state index in [1.54, 1.807) is 13.8 Å².